The number of hydrogen-bond donors (Lipinski definition) is 0. The molecule has 0 aliphatic heterocycles. The summed E-state index contributed by atoms with van der Waals surface area (Å²) in [4.78, 5) is 2.59. The van der Waals surface area contributed by atoms with Crippen LogP contribution in [0.3, 0.4) is 0 Å². The summed E-state index contributed by atoms with van der Waals surface area (Å²) in [5.74, 6) is 5.15. The Morgan fingerprint density at radius 2 is 2.17 bits per heavy atom. The van der Waals surface area contributed by atoms with Crippen LogP contribution in [0, 0.1) is 5.92 Å². The predicted octanol–water partition coefficient (Wildman–Crippen LogP) is 3.73. The van der Waals surface area contributed by atoms with Crippen molar-refractivity contribution >= 4 is 11.8 Å². The molecule has 2 aliphatic carbocycles. The Hall–Kier alpha value is -0.410. The predicted molar refractivity (Wildman–Crippen MR) is 77.0 cm³/mol. The topological polar surface area (TPSA) is 16.4 Å². The molecule has 2 nitrogen and oxygen atoms in total. The van der Waals surface area contributed by atoms with Crippen molar-refractivity contribution in [3.8, 4) is 0 Å². The highest BCUT2D eigenvalue weighted by molar-refractivity contribution is 7.98. The average Bonchev–Trinajstić information content (AvgIpc) is 3.27. The van der Waals surface area contributed by atoms with Gasteiger partial charge in [0.25, 0.3) is 0 Å². The first-order valence-corrected chi connectivity index (χ1v) is 8.49. The van der Waals surface area contributed by atoms with Gasteiger partial charge in [0.1, 0.15) is 11.5 Å². The standard InChI is InChI=1S/C15H23NOS/c1-11-9-14(11)15-6-5-13(17-15)10-16(7-8-18-2)12-3-4-12/h5-6,11-12,14H,3-4,7-10H2,1-2H3. The van der Waals surface area contributed by atoms with E-state index in [1.807, 2.05) is 11.8 Å². The Balaban J connectivity index is 1.57. The molecular weight excluding hydrogens is 242 g/mol. The van der Waals surface area contributed by atoms with Gasteiger partial charge in [-0.25, -0.2) is 0 Å². The second-order valence-corrected chi connectivity index (χ2v) is 6.80. The van der Waals surface area contributed by atoms with E-state index < -0.39 is 0 Å². The Morgan fingerprint density at radius 1 is 1.39 bits per heavy atom. The zero-order valence-electron chi connectivity index (χ0n) is 11.4. The molecular formula is C15H23NOS. The number of nitrogens with zero attached hydrogens (tertiary/aromatic N) is 1. The largest absolute Gasteiger partial charge is 0.464 e. The lowest BCUT2D eigenvalue weighted by molar-refractivity contribution is 0.245. The van der Waals surface area contributed by atoms with Crippen molar-refractivity contribution in [1.82, 2.24) is 4.90 Å². The molecule has 0 aromatic carbocycles. The van der Waals surface area contributed by atoms with Crippen LogP contribution < -0.4 is 0 Å². The van der Waals surface area contributed by atoms with Gasteiger partial charge in [-0.05, 0) is 43.6 Å². The summed E-state index contributed by atoms with van der Waals surface area (Å²) in [6.07, 6.45) is 6.25. The molecule has 3 heteroatoms. The van der Waals surface area contributed by atoms with E-state index in [2.05, 4.69) is 30.2 Å². The Bertz CT molecular complexity index is 399. The van der Waals surface area contributed by atoms with E-state index in [0.717, 1.165) is 24.3 Å². The molecule has 2 aliphatic rings. The summed E-state index contributed by atoms with van der Waals surface area (Å²) < 4.78 is 6.02. The second-order valence-electron chi connectivity index (χ2n) is 5.82. The first kappa shape index (κ1) is 12.6. The van der Waals surface area contributed by atoms with Gasteiger partial charge in [0.15, 0.2) is 0 Å². The van der Waals surface area contributed by atoms with Crippen LogP contribution >= 0.6 is 11.8 Å². The molecule has 0 radical (unpaired) electrons. The van der Waals surface area contributed by atoms with Crippen molar-refractivity contribution in [1.29, 1.82) is 0 Å². The smallest absolute Gasteiger partial charge is 0.118 e. The van der Waals surface area contributed by atoms with Gasteiger partial charge >= 0.3 is 0 Å². The fourth-order valence-electron chi connectivity index (χ4n) is 2.64. The summed E-state index contributed by atoms with van der Waals surface area (Å²) in [5.41, 5.74) is 0. The minimum Gasteiger partial charge on any atom is -0.464 e. The van der Waals surface area contributed by atoms with Crippen molar-refractivity contribution in [3.05, 3.63) is 23.7 Å². The van der Waals surface area contributed by atoms with Gasteiger partial charge in [0.2, 0.25) is 0 Å². The van der Waals surface area contributed by atoms with Crippen molar-refractivity contribution in [2.45, 2.75) is 44.7 Å². The molecule has 3 rings (SSSR count). The molecule has 2 atom stereocenters. The molecule has 2 fully saturated rings. The van der Waals surface area contributed by atoms with Crippen LogP contribution in [-0.4, -0.2) is 29.5 Å². The number of hydrogen-bond acceptors (Lipinski definition) is 3. The number of thioether (sulfide) groups is 1. The van der Waals surface area contributed by atoms with Gasteiger partial charge in [0.05, 0.1) is 6.54 Å². The van der Waals surface area contributed by atoms with Crippen LogP contribution in [0.25, 0.3) is 0 Å². The molecule has 0 saturated heterocycles. The van der Waals surface area contributed by atoms with Crippen molar-refractivity contribution < 1.29 is 4.42 Å². The van der Waals surface area contributed by atoms with Crippen molar-refractivity contribution in [2.24, 2.45) is 5.92 Å². The zero-order chi connectivity index (χ0) is 12.5. The maximum absolute atomic E-state index is 6.02. The fraction of sp³-hybridized carbons (Fsp3) is 0.733. The normalized spacial score (nSPS) is 26.8. The Labute approximate surface area is 114 Å². The van der Waals surface area contributed by atoms with Gasteiger partial charge in [-0.1, -0.05) is 6.92 Å². The van der Waals surface area contributed by atoms with E-state index in [4.69, 9.17) is 4.42 Å². The van der Waals surface area contributed by atoms with Crippen molar-refractivity contribution in [2.75, 3.05) is 18.6 Å². The lowest BCUT2D eigenvalue weighted by atomic mass is 10.3. The highest BCUT2D eigenvalue weighted by Crippen LogP contribution is 2.47. The van der Waals surface area contributed by atoms with Gasteiger partial charge < -0.3 is 4.42 Å². The molecule has 1 heterocycles. The van der Waals surface area contributed by atoms with Gasteiger partial charge in [-0.15, -0.1) is 0 Å². The van der Waals surface area contributed by atoms with Crippen LogP contribution in [0.15, 0.2) is 16.5 Å². The second kappa shape index (κ2) is 5.30. The van der Waals surface area contributed by atoms with E-state index >= 15 is 0 Å². The molecule has 1 aromatic heterocycles. The number of furan rings is 1. The monoisotopic (exact) mass is 265 g/mol. The SMILES string of the molecule is CSCCN(Cc1ccc(C2CC2C)o1)C1CC1. The molecule has 18 heavy (non-hydrogen) atoms. The van der Waals surface area contributed by atoms with E-state index in [9.17, 15) is 0 Å². The Kier molecular flexibility index (Phi) is 3.71. The zero-order valence-corrected chi connectivity index (χ0v) is 12.2. The lowest BCUT2D eigenvalue weighted by Gasteiger charge is -2.20. The third-order valence-electron chi connectivity index (χ3n) is 4.16. The van der Waals surface area contributed by atoms with Crippen LogP contribution in [0.4, 0.5) is 0 Å². The van der Waals surface area contributed by atoms with Gasteiger partial charge in [0, 0.05) is 24.3 Å². The van der Waals surface area contributed by atoms with Crippen LogP contribution in [0.5, 0.6) is 0 Å². The lowest BCUT2D eigenvalue weighted by Crippen LogP contribution is -2.27. The quantitative estimate of drug-likeness (QED) is 0.747. The van der Waals surface area contributed by atoms with Crippen LogP contribution in [-0.2, 0) is 6.54 Å². The Morgan fingerprint density at radius 3 is 2.78 bits per heavy atom. The molecule has 1 aromatic rings. The summed E-state index contributed by atoms with van der Waals surface area (Å²) >= 11 is 1.93. The molecule has 2 saturated carbocycles. The van der Waals surface area contributed by atoms with Crippen LogP contribution in [0.2, 0.25) is 0 Å². The van der Waals surface area contributed by atoms with E-state index in [-0.39, 0.29) is 0 Å². The minimum absolute atomic E-state index is 0.708. The number of rotatable bonds is 7. The first-order valence-electron chi connectivity index (χ1n) is 7.09. The average molecular weight is 265 g/mol. The third-order valence-corrected chi connectivity index (χ3v) is 4.75. The fourth-order valence-corrected chi connectivity index (χ4v) is 3.05. The van der Waals surface area contributed by atoms with Gasteiger partial charge in [-0.2, -0.15) is 11.8 Å². The molecule has 100 valence electrons. The summed E-state index contributed by atoms with van der Waals surface area (Å²) in [6, 6.07) is 5.21. The minimum atomic E-state index is 0.708. The van der Waals surface area contributed by atoms with Crippen molar-refractivity contribution in [3.63, 3.8) is 0 Å². The third kappa shape index (κ3) is 2.94. The molecule has 2 unspecified atom stereocenters. The first-order chi connectivity index (χ1) is 8.78. The summed E-state index contributed by atoms with van der Waals surface area (Å²) in [6.45, 7) is 4.51. The highest BCUT2D eigenvalue weighted by atomic mass is 32.2. The molecule has 0 spiro atoms. The maximum Gasteiger partial charge on any atom is 0.118 e. The highest BCUT2D eigenvalue weighted by Gasteiger charge is 2.37. The summed E-state index contributed by atoms with van der Waals surface area (Å²) in [7, 11) is 0. The maximum atomic E-state index is 6.02. The van der Waals surface area contributed by atoms with E-state index in [0.29, 0.717) is 5.92 Å². The molecule has 0 amide bonds. The molecule has 0 N–H and O–H groups in total. The van der Waals surface area contributed by atoms with E-state index in [1.165, 1.54) is 37.3 Å². The molecule has 0 bridgehead atoms. The van der Waals surface area contributed by atoms with Crippen LogP contribution in [0.1, 0.15) is 43.6 Å². The van der Waals surface area contributed by atoms with E-state index in [1.54, 1.807) is 0 Å². The van der Waals surface area contributed by atoms with Gasteiger partial charge in [-0.3, -0.25) is 4.90 Å². The summed E-state index contributed by atoms with van der Waals surface area (Å²) in [5, 5.41) is 0.